The molecule has 0 saturated heterocycles. The Labute approximate surface area is 123 Å². The monoisotopic (exact) mass is 289 g/mol. The van der Waals surface area contributed by atoms with Crippen LogP contribution in [0.25, 0.3) is 0 Å². The molecule has 1 atom stereocenters. The molecule has 120 valence electrons. The molecule has 0 rings (SSSR count). The topological polar surface area (TPSA) is 67.8 Å². The number of aliphatic carboxylic acids is 1. The standard InChI is InChI=1S/C15H31NO4/c1-12(2)16-15(6,13(17)18)8-7-9-19-10-11-20-14(3,4)5/h12,16H,7-11H2,1-6H3,(H,17,18). The van der Waals surface area contributed by atoms with Crippen molar-refractivity contribution in [3.05, 3.63) is 0 Å². The molecular formula is C15H31NO4. The molecule has 5 nitrogen and oxygen atoms in total. The second-order valence-corrected chi connectivity index (χ2v) is 6.61. The highest BCUT2D eigenvalue weighted by atomic mass is 16.5. The third-order valence-corrected chi connectivity index (χ3v) is 2.81. The lowest BCUT2D eigenvalue weighted by atomic mass is 9.95. The zero-order valence-corrected chi connectivity index (χ0v) is 13.8. The number of nitrogens with one attached hydrogen (secondary N) is 1. The van der Waals surface area contributed by atoms with Crippen molar-refractivity contribution in [3.63, 3.8) is 0 Å². The Morgan fingerprint density at radius 3 is 2.20 bits per heavy atom. The molecule has 0 bridgehead atoms. The first kappa shape index (κ1) is 19.4. The Morgan fingerprint density at radius 2 is 1.75 bits per heavy atom. The maximum atomic E-state index is 11.3. The molecule has 0 radical (unpaired) electrons. The predicted octanol–water partition coefficient (Wildman–Crippen LogP) is 2.44. The molecule has 0 aromatic carbocycles. The van der Waals surface area contributed by atoms with Gasteiger partial charge in [-0.25, -0.2) is 0 Å². The Kier molecular flexibility index (Phi) is 8.32. The lowest BCUT2D eigenvalue weighted by Crippen LogP contribution is -2.52. The Balaban J connectivity index is 3.83. The highest BCUT2D eigenvalue weighted by Crippen LogP contribution is 2.14. The maximum absolute atomic E-state index is 11.3. The van der Waals surface area contributed by atoms with Crippen LogP contribution in [0.15, 0.2) is 0 Å². The van der Waals surface area contributed by atoms with E-state index in [0.717, 1.165) is 0 Å². The van der Waals surface area contributed by atoms with E-state index in [9.17, 15) is 9.90 Å². The van der Waals surface area contributed by atoms with Gasteiger partial charge in [0.1, 0.15) is 5.54 Å². The molecule has 0 fully saturated rings. The average Bonchev–Trinajstić information content (AvgIpc) is 2.25. The van der Waals surface area contributed by atoms with Gasteiger partial charge in [0.15, 0.2) is 0 Å². The molecule has 20 heavy (non-hydrogen) atoms. The summed E-state index contributed by atoms with van der Waals surface area (Å²) in [4.78, 5) is 11.3. The summed E-state index contributed by atoms with van der Waals surface area (Å²) in [7, 11) is 0. The SMILES string of the molecule is CC(C)NC(C)(CCCOCCOC(C)(C)C)C(=O)O. The second kappa shape index (κ2) is 8.60. The lowest BCUT2D eigenvalue weighted by Gasteiger charge is -2.28. The van der Waals surface area contributed by atoms with E-state index >= 15 is 0 Å². The van der Waals surface area contributed by atoms with E-state index in [2.05, 4.69) is 5.32 Å². The number of carboxylic acid groups (broad SMARTS) is 1. The summed E-state index contributed by atoms with van der Waals surface area (Å²) >= 11 is 0. The summed E-state index contributed by atoms with van der Waals surface area (Å²) in [5.74, 6) is -0.817. The molecule has 0 aromatic heterocycles. The van der Waals surface area contributed by atoms with Gasteiger partial charge in [0.05, 0.1) is 18.8 Å². The third-order valence-electron chi connectivity index (χ3n) is 2.81. The number of hydrogen-bond donors (Lipinski definition) is 2. The molecule has 0 aliphatic rings. The van der Waals surface area contributed by atoms with Gasteiger partial charge in [-0.1, -0.05) is 0 Å². The molecule has 0 aliphatic carbocycles. The van der Waals surface area contributed by atoms with Gasteiger partial charge >= 0.3 is 5.97 Å². The number of rotatable bonds is 10. The second-order valence-electron chi connectivity index (χ2n) is 6.61. The van der Waals surface area contributed by atoms with E-state index in [1.807, 2.05) is 34.6 Å². The molecule has 2 N–H and O–H groups in total. The van der Waals surface area contributed by atoms with Crippen LogP contribution in [0.5, 0.6) is 0 Å². The van der Waals surface area contributed by atoms with Gasteiger partial charge < -0.3 is 14.6 Å². The number of hydrogen-bond acceptors (Lipinski definition) is 4. The largest absolute Gasteiger partial charge is 0.480 e. The van der Waals surface area contributed by atoms with E-state index in [4.69, 9.17) is 9.47 Å². The Hall–Kier alpha value is -0.650. The van der Waals surface area contributed by atoms with Gasteiger partial charge in [0, 0.05) is 12.6 Å². The van der Waals surface area contributed by atoms with Crippen LogP contribution in [0.2, 0.25) is 0 Å². The summed E-state index contributed by atoms with van der Waals surface area (Å²) < 4.78 is 11.0. The van der Waals surface area contributed by atoms with E-state index < -0.39 is 11.5 Å². The summed E-state index contributed by atoms with van der Waals surface area (Å²) in [6.45, 7) is 13.3. The first-order valence-corrected chi connectivity index (χ1v) is 7.29. The number of ether oxygens (including phenoxy) is 2. The molecule has 1 unspecified atom stereocenters. The molecule has 0 aromatic rings. The third kappa shape index (κ3) is 9.28. The number of carboxylic acids is 1. The van der Waals surface area contributed by atoms with Crippen LogP contribution in [-0.2, 0) is 14.3 Å². The quantitative estimate of drug-likeness (QED) is 0.605. The van der Waals surface area contributed by atoms with Gasteiger partial charge in [-0.3, -0.25) is 10.1 Å². The van der Waals surface area contributed by atoms with Gasteiger partial charge in [-0.2, -0.15) is 0 Å². The van der Waals surface area contributed by atoms with Crippen molar-refractivity contribution in [2.75, 3.05) is 19.8 Å². The Morgan fingerprint density at radius 1 is 1.15 bits per heavy atom. The fourth-order valence-corrected chi connectivity index (χ4v) is 1.91. The first-order chi connectivity index (χ1) is 9.07. The fraction of sp³-hybridized carbons (Fsp3) is 0.933. The van der Waals surface area contributed by atoms with Gasteiger partial charge in [0.25, 0.3) is 0 Å². The minimum Gasteiger partial charge on any atom is -0.480 e. The number of carbonyl (C=O) groups is 1. The minimum absolute atomic E-state index is 0.136. The van der Waals surface area contributed by atoms with Crippen molar-refractivity contribution >= 4 is 5.97 Å². The summed E-state index contributed by atoms with van der Waals surface area (Å²) in [6.07, 6.45) is 1.25. The van der Waals surface area contributed by atoms with Crippen molar-refractivity contribution in [3.8, 4) is 0 Å². The smallest absolute Gasteiger partial charge is 0.323 e. The van der Waals surface area contributed by atoms with Gasteiger partial charge in [-0.05, 0) is 54.4 Å². The molecule has 0 saturated carbocycles. The fourth-order valence-electron chi connectivity index (χ4n) is 1.91. The lowest BCUT2D eigenvalue weighted by molar-refractivity contribution is -0.145. The molecule has 0 heterocycles. The van der Waals surface area contributed by atoms with Crippen LogP contribution >= 0.6 is 0 Å². The van der Waals surface area contributed by atoms with Crippen LogP contribution in [0.4, 0.5) is 0 Å². The Bertz CT molecular complexity index is 286. The zero-order chi connectivity index (χ0) is 15.8. The van der Waals surface area contributed by atoms with Crippen LogP contribution in [0.3, 0.4) is 0 Å². The average molecular weight is 289 g/mol. The molecule has 5 heteroatoms. The van der Waals surface area contributed by atoms with Crippen LogP contribution in [0.1, 0.15) is 54.4 Å². The van der Waals surface area contributed by atoms with Crippen molar-refractivity contribution in [1.29, 1.82) is 0 Å². The van der Waals surface area contributed by atoms with Crippen LogP contribution in [-0.4, -0.2) is 48.1 Å². The van der Waals surface area contributed by atoms with Crippen LogP contribution < -0.4 is 5.32 Å². The highest BCUT2D eigenvalue weighted by Gasteiger charge is 2.32. The summed E-state index contributed by atoms with van der Waals surface area (Å²) in [5, 5.41) is 12.4. The van der Waals surface area contributed by atoms with Crippen molar-refractivity contribution in [1.82, 2.24) is 5.32 Å². The van der Waals surface area contributed by atoms with Crippen molar-refractivity contribution < 1.29 is 19.4 Å². The van der Waals surface area contributed by atoms with Crippen LogP contribution in [0, 0.1) is 0 Å². The molecule has 0 amide bonds. The predicted molar refractivity (Wildman–Crippen MR) is 80.1 cm³/mol. The van der Waals surface area contributed by atoms with Gasteiger partial charge in [-0.15, -0.1) is 0 Å². The molecule has 0 aliphatic heterocycles. The van der Waals surface area contributed by atoms with Crippen molar-refractivity contribution in [2.45, 2.75) is 71.6 Å². The molecule has 0 spiro atoms. The van der Waals surface area contributed by atoms with E-state index in [1.165, 1.54) is 0 Å². The minimum atomic E-state index is -0.889. The van der Waals surface area contributed by atoms with E-state index in [-0.39, 0.29) is 11.6 Å². The summed E-state index contributed by atoms with van der Waals surface area (Å²) in [6, 6.07) is 0.136. The van der Waals surface area contributed by atoms with Gasteiger partial charge in [0.2, 0.25) is 0 Å². The zero-order valence-electron chi connectivity index (χ0n) is 13.8. The van der Waals surface area contributed by atoms with E-state index in [0.29, 0.717) is 32.7 Å². The van der Waals surface area contributed by atoms with E-state index in [1.54, 1.807) is 6.92 Å². The highest BCUT2D eigenvalue weighted by molar-refractivity contribution is 5.78. The first-order valence-electron chi connectivity index (χ1n) is 7.29. The van der Waals surface area contributed by atoms with Crippen molar-refractivity contribution in [2.24, 2.45) is 0 Å². The normalized spacial score (nSPS) is 15.3. The molecular weight excluding hydrogens is 258 g/mol. The maximum Gasteiger partial charge on any atom is 0.323 e. The summed E-state index contributed by atoms with van der Waals surface area (Å²) in [5.41, 5.74) is -1.04.